The summed E-state index contributed by atoms with van der Waals surface area (Å²) in [6.45, 7) is 0. The summed E-state index contributed by atoms with van der Waals surface area (Å²) in [6, 6.07) is 15.8. The quantitative estimate of drug-likeness (QED) is 0.0485. The number of hydrogen-bond acceptors (Lipinski definition) is 22. The number of para-hydroxylation sites is 2. The Hall–Kier alpha value is -10.1. The molecule has 1 aromatic heterocycles. The van der Waals surface area contributed by atoms with Gasteiger partial charge in [-0.1, -0.05) is 12.1 Å². The van der Waals surface area contributed by atoms with Gasteiger partial charge in [0, 0.05) is 70.5 Å². The van der Waals surface area contributed by atoms with Gasteiger partial charge in [-0.15, -0.1) is 0 Å². The molecule has 0 saturated heterocycles. The van der Waals surface area contributed by atoms with E-state index in [0.29, 0.717) is 6.07 Å². The molecule has 22 nitrogen and oxygen atoms in total. The van der Waals surface area contributed by atoms with E-state index in [-0.39, 0.29) is 55.8 Å². The predicted molar refractivity (Wildman–Crippen MR) is 244 cm³/mol. The Bertz CT molecular complexity index is 3590. The Morgan fingerprint density at radius 3 is 1.53 bits per heavy atom. The van der Waals surface area contributed by atoms with E-state index >= 15 is 4.79 Å². The van der Waals surface area contributed by atoms with Gasteiger partial charge in [-0.2, -0.15) is 0 Å². The zero-order valence-corrected chi connectivity index (χ0v) is 36.4. The fourth-order valence-corrected chi connectivity index (χ4v) is 8.89. The highest BCUT2D eigenvalue weighted by molar-refractivity contribution is 6.09. The van der Waals surface area contributed by atoms with Crippen LogP contribution >= 0.6 is 0 Å². The van der Waals surface area contributed by atoms with Gasteiger partial charge in [-0.3, -0.25) is 0 Å². The number of carbonyl (C=O) groups excluding carboxylic acids is 2. The lowest BCUT2D eigenvalue weighted by Gasteiger charge is -2.35. The monoisotopic (exact) mass is 984 g/mol. The first kappa shape index (κ1) is 45.7. The number of aromatic nitrogens is 2. The molecular formula is C50H36N2O20. The van der Waals surface area contributed by atoms with Crippen LogP contribution in [0.25, 0.3) is 33.2 Å². The van der Waals surface area contributed by atoms with Crippen LogP contribution in [0.1, 0.15) is 55.2 Å². The number of carbonyl (C=O) groups is 2. The van der Waals surface area contributed by atoms with Crippen LogP contribution in [-0.2, 0) is 22.3 Å². The third-order valence-electron chi connectivity index (χ3n) is 12.2. The molecule has 72 heavy (non-hydrogen) atoms. The Morgan fingerprint density at radius 1 is 0.472 bits per heavy atom. The summed E-state index contributed by atoms with van der Waals surface area (Å²) >= 11 is 0. The van der Waals surface area contributed by atoms with Crippen molar-refractivity contribution in [2.45, 2.75) is 37.3 Å². The van der Waals surface area contributed by atoms with Gasteiger partial charge in [-0.25, -0.2) is 19.6 Å². The van der Waals surface area contributed by atoms with Gasteiger partial charge in [-0.05, 0) is 48.5 Å². The number of aromatic hydroxyl groups is 14. The molecule has 2 aliphatic rings. The second kappa shape index (κ2) is 16.8. The van der Waals surface area contributed by atoms with E-state index in [1.54, 1.807) is 18.2 Å². The highest BCUT2D eigenvalue weighted by Gasteiger charge is 2.42. The van der Waals surface area contributed by atoms with Crippen molar-refractivity contribution in [3.05, 3.63) is 118 Å². The Morgan fingerprint density at radius 2 is 0.958 bits per heavy atom. The molecule has 2 aliphatic heterocycles. The molecule has 366 valence electrons. The van der Waals surface area contributed by atoms with Gasteiger partial charge in [0.05, 0.1) is 22.2 Å². The molecule has 0 bridgehead atoms. The minimum Gasteiger partial charge on any atom is -0.508 e. The molecule has 22 heteroatoms. The average Bonchev–Trinajstić information content (AvgIpc) is 3.33. The topological polar surface area (TPSA) is 380 Å². The zero-order valence-electron chi connectivity index (χ0n) is 36.4. The number of hydrogen-bond donors (Lipinski definition) is 14. The molecule has 7 aromatic carbocycles. The molecule has 0 radical (unpaired) electrons. The van der Waals surface area contributed by atoms with E-state index in [0.717, 1.165) is 54.6 Å². The molecule has 0 amide bonds. The van der Waals surface area contributed by atoms with Crippen LogP contribution in [0.4, 0.5) is 0 Å². The fraction of sp³-hybridized carbons (Fsp3) is 0.120. The summed E-state index contributed by atoms with van der Waals surface area (Å²) in [6.07, 6.45) is -7.33. The maximum absolute atomic E-state index is 15.0. The van der Waals surface area contributed by atoms with Crippen LogP contribution in [0.2, 0.25) is 0 Å². The molecular weight excluding hydrogens is 949 g/mol. The van der Waals surface area contributed by atoms with Crippen LogP contribution in [-0.4, -0.2) is 106 Å². The van der Waals surface area contributed by atoms with Crippen LogP contribution < -0.4 is 9.47 Å². The fourth-order valence-electron chi connectivity index (χ4n) is 8.89. The molecule has 0 fully saturated rings. The molecule has 10 rings (SSSR count). The molecule has 3 heterocycles. The van der Waals surface area contributed by atoms with E-state index in [2.05, 4.69) is 4.98 Å². The Balaban J connectivity index is 1.19. The van der Waals surface area contributed by atoms with Gasteiger partial charge in [0.2, 0.25) is 5.75 Å². The van der Waals surface area contributed by atoms with Crippen molar-refractivity contribution in [1.82, 2.24) is 9.97 Å². The number of rotatable bonds is 7. The standard InChI is InChI=1S/C50H36N2O20/c53-19-9-27(55)21-15-37(47(69-35(21)11-19)17-5-30(58)43(63)31(59)6-17)72-50(68)24-14-34(62)45(65)46(66)40(24)39-23(13-29(57)41-42(39)52-26-4-2-1-3-25(26)51-41)48-38(16-22-28(56)10-20(54)12-36(22)70-48)71-49(67)18-7-32(60)44(64)33(61)8-18/h1-14,37-38,47-48,53-66H,15-16H2/t37-,38-,47+,48+/m1/s1. The summed E-state index contributed by atoms with van der Waals surface area (Å²) in [5.74, 6) is -14.3. The first-order valence-electron chi connectivity index (χ1n) is 21.3. The van der Waals surface area contributed by atoms with Crippen molar-refractivity contribution in [2.75, 3.05) is 0 Å². The van der Waals surface area contributed by atoms with E-state index in [1.165, 1.54) is 6.07 Å². The number of esters is 2. The van der Waals surface area contributed by atoms with Crippen LogP contribution in [0.5, 0.6) is 92.0 Å². The van der Waals surface area contributed by atoms with Gasteiger partial charge in [0.1, 0.15) is 63.5 Å². The van der Waals surface area contributed by atoms with Gasteiger partial charge < -0.3 is 90.4 Å². The van der Waals surface area contributed by atoms with Crippen molar-refractivity contribution in [2.24, 2.45) is 0 Å². The second-order valence-electron chi connectivity index (χ2n) is 16.8. The molecule has 14 N–H and O–H groups in total. The summed E-state index contributed by atoms with van der Waals surface area (Å²) in [5, 5.41) is 151. The molecule has 4 atom stereocenters. The Labute approximate surface area is 401 Å². The number of ether oxygens (including phenoxy) is 4. The average molecular weight is 985 g/mol. The lowest BCUT2D eigenvalue weighted by atomic mass is 9.85. The molecule has 0 aliphatic carbocycles. The third-order valence-corrected chi connectivity index (χ3v) is 12.2. The number of phenolic OH excluding ortho intramolecular Hbond substituents is 14. The van der Waals surface area contributed by atoms with Gasteiger partial charge in [0.15, 0.2) is 58.2 Å². The summed E-state index contributed by atoms with van der Waals surface area (Å²) in [4.78, 5) is 38.2. The van der Waals surface area contributed by atoms with E-state index in [1.807, 2.05) is 0 Å². The highest BCUT2D eigenvalue weighted by atomic mass is 16.6. The lowest BCUT2D eigenvalue weighted by molar-refractivity contribution is -0.0188. The minimum absolute atomic E-state index is 0.00443. The Kier molecular flexibility index (Phi) is 10.7. The summed E-state index contributed by atoms with van der Waals surface area (Å²) < 4.78 is 24.5. The third kappa shape index (κ3) is 7.64. The predicted octanol–water partition coefficient (Wildman–Crippen LogP) is 6.13. The number of benzene rings is 7. The van der Waals surface area contributed by atoms with Crippen LogP contribution in [0, 0.1) is 0 Å². The van der Waals surface area contributed by atoms with Crippen molar-refractivity contribution >= 4 is 34.0 Å². The maximum Gasteiger partial charge on any atom is 0.339 e. The largest absolute Gasteiger partial charge is 0.508 e. The first-order chi connectivity index (χ1) is 34.3. The number of fused-ring (bicyclic) bond motifs is 4. The minimum atomic E-state index is -1.75. The molecule has 0 spiro atoms. The molecule has 0 unspecified atom stereocenters. The number of nitrogens with zero attached hydrogens (tertiary/aromatic N) is 2. The maximum atomic E-state index is 15.0. The highest BCUT2D eigenvalue weighted by Crippen LogP contribution is 2.54. The normalized spacial score (nSPS) is 17.1. The SMILES string of the molecule is O=C(O[C@@H]1Cc2c(O)cc(O)cc2O[C@H]1c1cc(O)c2nc3ccccc3nc2c1-c1c(C(=O)O[C@@H]2Cc3c(O)cc(O)cc3O[C@H]2c2cc(O)c(O)c(O)c2)cc(O)c(O)c1O)c1cc(O)c(O)c(O)c1. The van der Waals surface area contributed by atoms with Crippen molar-refractivity contribution in [3.63, 3.8) is 0 Å². The summed E-state index contributed by atoms with van der Waals surface area (Å²) in [5.41, 5.74) is -2.97. The van der Waals surface area contributed by atoms with E-state index in [9.17, 15) is 76.3 Å². The van der Waals surface area contributed by atoms with E-state index < -0.39 is 152 Å². The lowest BCUT2D eigenvalue weighted by Crippen LogP contribution is -2.35. The number of phenols is 14. The van der Waals surface area contributed by atoms with Crippen LogP contribution in [0.15, 0.2) is 84.9 Å². The van der Waals surface area contributed by atoms with Crippen molar-refractivity contribution < 1.29 is 100 Å². The molecule has 8 aromatic rings. The second-order valence-corrected chi connectivity index (χ2v) is 16.8. The van der Waals surface area contributed by atoms with Crippen molar-refractivity contribution in [1.29, 1.82) is 0 Å². The van der Waals surface area contributed by atoms with E-state index in [4.69, 9.17) is 23.9 Å². The van der Waals surface area contributed by atoms with Gasteiger partial charge in [0.25, 0.3) is 0 Å². The van der Waals surface area contributed by atoms with Crippen LogP contribution in [0.3, 0.4) is 0 Å². The summed E-state index contributed by atoms with van der Waals surface area (Å²) in [7, 11) is 0. The van der Waals surface area contributed by atoms with Crippen molar-refractivity contribution in [3.8, 4) is 103 Å². The zero-order chi connectivity index (χ0) is 51.2. The molecule has 0 saturated carbocycles. The smallest absolute Gasteiger partial charge is 0.339 e. The van der Waals surface area contributed by atoms with Gasteiger partial charge >= 0.3 is 11.9 Å². The first-order valence-corrected chi connectivity index (χ1v) is 21.3.